The summed E-state index contributed by atoms with van der Waals surface area (Å²) in [6.07, 6.45) is 0.592. The molecule has 0 saturated carbocycles. The van der Waals surface area contributed by atoms with Gasteiger partial charge < -0.3 is 10.2 Å². The highest BCUT2D eigenvalue weighted by molar-refractivity contribution is 5.94. The van der Waals surface area contributed by atoms with Crippen LogP contribution in [0.2, 0.25) is 0 Å². The third-order valence-corrected chi connectivity index (χ3v) is 2.69. The third-order valence-electron chi connectivity index (χ3n) is 2.69. The van der Waals surface area contributed by atoms with Gasteiger partial charge in [0.1, 0.15) is 0 Å². The first-order valence-corrected chi connectivity index (χ1v) is 5.20. The molecule has 2 rings (SSSR count). The van der Waals surface area contributed by atoms with Crippen molar-refractivity contribution in [2.24, 2.45) is 0 Å². The van der Waals surface area contributed by atoms with E-state index in [-0.39, 0.29) is 5.91 Å². The second kappa shape index (κ2) is 4.03. The number of rotatable bonds is 2. The van der Waals surface area contributed by atoms with E-state index in [2.05, 4.69) is 16.3 Å². The second-order valence-electron chi connectivity index (χ2n) is 4.30. The number of hydrogen-bond acceptors (Lipinski definition) is 2. The van der Waals surface area contributed by atoms with Crippen LogP contribution in [0.1, 0.15) is 17.9 Å². The molecule has 0 spiro atoms. The Bertz CT molecular complexity index is 374. The summed E-state index contributed by atoms with van der Waals surface area (Å²) in [5, 5.41) is 2.91. The summed E-state index contributed by atoms with van der Waals surface area (Å²) < 4.78 is 0. The fraction of sp³-hybridized carbons (Fsp3) is 0.417. The van der Waals surface area contributed by atoms with Crippen molar-refractivity contribution in [1.82, 2.24) is 4.90 Å². The molecule has 1 aromatic rings. The van der Waals surface area contributed by atoms with Crippen LogP contribution in [-0.2, 0) is 4.79 Å². The smallest absolute Gasteiger partial charge is 0.225 e. The summed E-state index contributed by atoms with van der Waals surface area (Å²) in [5.41, 5.74) is 2.23. The summed E-state index contributed by atoms with van der Waals surface area (Å²) >= 11 is 0. The molecule has 3 nitrogen and oxygen atoms in total. The fourth-order valence-electron chi connectivity index (χ4n) is 2.11. The first-order chi connectivity index (χ1) is 7.16. The zero-order valence-corrected chi connectivity index (χ0v) is 9.16. The first-order valence-electron chi connectivity index (χ1n) is 5.20. The first kappa shape index (κ1) is 10.2. The number of nitrogens with one attached hydrogen (secondary N) is 1. The Labute approximate surface area is 90.1 Å². The molecule has 1 N–H and O–H groups in total. The molecule has 3 heteroatoms. The molecule has 1 aliphatic rings. The molecule has 1 atom stereocenters. The minimum atomic E-state index is 0.126. The van der Waals surface area contributed by atoms with Crippen molar-refractivity contribution in [3.05, 3.63) is 29.8 Å². The van der Waals surface area contributed by atoms with Gasteiger partial charge in [0.15, 0.2) is 0 Å². The Morgan fingerprint density at radius 1 is 1.40 bits per heavy atom. The molecule has 1 aromatic carbocycles. The van der Waals surface area contributed by atoms with Crippen LogP contribution in [-0.4, -0.2) is 31.4 Å². The Kier molecular flexibility index (Phi) is 2.73. The van der Waals surface area contributed by atoms with Crippen molar-refractivity contribution < 1.29 is 4.79 Å². The zero-order valence-electron chi connectivity index (χ0n) is 9.16. The maximum atomic E-state index is 11.5. The van der Waals surface area contributed by atoms with E-state index >= 15 is 0 Å². The number of nitrogens with zero attached hydrogens (tertiary/aromatic N) is 1. The summed E-state index contributed by atoms with van der Waals surface area (Å²) in [6, 6.07) is 8.05. The SMILES string of the molecule is CN(C)CC1CC(=O)Nc2ccccc21. The second-order valence-corrected chi connectivity index (χ2v) is 4.30. The quantitative estimate of drug-likeness (QED) is 0.794. The van der Waals surface area contributed by atoms with Gasteiger partial charge in [-0.2, -0.15) is 0 Å². The maximum absolute atomic E-state index is 11.5. The standard InChI is InChI=1S/C12H16N2O/c1-14(2)8-9-7-12(15)13-11-6-4-3-5-10(9)11/h3-6,9H,7-8H2,1-2H3,(H,13,15). The van der Waals surface area contributed by atoms with Gasteiger partial charge in [-0.25, -0.2) is 0 Å². The molecule has 1 aliphatic heterocycles. The van der Waals surface area contributed by atoms with Crippen LogP contribution in [0, 0.1) is 0 Å². The number of fused-ring (bicyclic) bond motifs is 1. The Balaban J connectivity index is 2.30. The average molecular weight is 204 g/mol. The normalized spacial score (nSPS) is 19.9. The van der Waals surface area contributed by atoms with Gasteiger partial charge in [-0.3, -0.25) is 4.79 Å². The van der Waals surface area contributed by atoms with Gasteiger partial charge >= 0.3 is 0 Å². The van der Waals surface area contributed by atoms with Gasteiger partial charge in [-0.05, 0) is 25.7 Å². The Morgan fingerprint density at radius 2 is 2.13 bits per heavy atom. The molecule has 0 fully saturated rings. The highest BCUT2D eigenvalue weighted by Gasteiger charge is 2.24. The topological polar surface area (TPSA) is 32.3 Å². The van der Waals surface area contributed by atoms with Crippen LogP contribution in [0.4, 0.5) is 5.69 Å². The molecule has 1 unspecified atom stereocenters. The van der Waals surface area contributed by atoms with Gasteiger partial charge in [-0.15, -0.1) is 0 Å². The van der Waals surface area contributed by atoms with Crippen LogP contribution >= 0.6 is 0 Å². The van der Waals surface area contributed by atoms with E-state index in [9.17, 15) is 4.79 Å². The van der Waals surface area contributed by atoms with Gasteiger partial charge in [0, 0.05) is 24.6 Å². The minimum Gasteiger partial charge on any atom is -0.326 e. The number of likely N-dealkylation sites (N-methyl/N-ethyl adjacent to an activating group) is 1. The number of amides is 1. The van der Waals surface area contributed by atoms with Gasteiger partial charge in [0.25, 0.3) is 0 Å². The molecular formula is C12H16N2O. The number of para-hydroxylation sites is 1. The lowest BCUT2D eigenvalue weighted by atomic mass is 9.90. The van der Waals surface area contributed by atoms with Crippen molar-refractivity contribution >= 4 is 11.6 Å². The van der Waals surface area contributed by atoms with Crippen LogP contribution in [0.15, 0.2) is 24.3 Å². The number of carbonyl (C=O) groups excluding carboxylic acids is 1. The largest absolute Gasteiger partial charge is 0.326 e. The van der Waals surface area contributed by atoms with Crippen molar-refractivity contribution in [3.63, 3.8) is 0 Å². The molecule has 0 aromatic heterocycles. The summed E-state index contributed by atoms with van der Waals surface area (Å²) in [5.74, 6) is 0.450. The average Bonchev–Trinajstić information content (AvgIpc) is 2.16. The highest BCUT2D eigenvalue weighted by atomic mass is 16.1. The van der Waals surface area contributed by atoms with Gasteiger partial charge in [0.2, 0.25) is 5.91 Å². The van der Waals surface area contributed by atoms with E-state index in [4.69, 9.17) is 0 Å². The van der Waals surface area contributed by atoms with Crippen molar-refractivity contribution in [3.8, 4) is 0 Å². The Hall–Kier alpha value is -1.35. The highest BCUT2D eigenvalue weighted by Crippen LogP contribution is 2.31. The lowest BCUT2D eigenvalue weighted by Crippen LogP contribution is -2.29. The molecule has 0 radical (unpaired) electrons. The van der Waals surface area contributed by atoms with E-state index in [1.807, 2.05) is 32.3 Å². The number of benzene rings is 1. The van der Waals surface area contributed by atoms with Crippen LogP contribution < -0.4 is 5.32 Å². The van der Waals surface area contributed by atoms with Crippen molar-refractivity contribution in [2.75, 3.05) is 26.0 Å². The fourth-order valence-corrected chi connectivity index (χ4v) is 2.11. The van der Waals surface area contributed by atoms with Gasteiger partial charge in [-0.1, -0.05) is 18.2 Å². The van der Waals surface area contributed by atoms with Gasteiger partial charge in [0.05, 0.1) is 0 Å². The molecule has 80 valence electrons. The zero-order chi connectivity index (χ0) is 10.8. The molecule has 0 aliphatic carbocycles. The number of carbonyl (C=O) groups is 1. The monoisotopic (exact) mass is 204 g/mol. The molecule has 1 amide bonds. The summed E-state index contributed by atoms with van der Waals surface area (Å²) in [6.45, 7) is 0.921. The lowest BCUT2D eigenvalue weighted by Gasteiger charge is -2.27. The van der Waals surface area contributed by atoms with Crippen LogP contribution in [0.25, 0.3) is 0 Å². The van der Waals surface area contributed by atoms with Crippen molar-refractivity contribution in [2.45, 2.75) is 12.3 Å². The van der Waals surface area contributed by atoms with E-state index in [1.165, 1.54) is 5.56 Å². The number of anilines is 1. The van der Waals surface area contributed by atoms with Crippen LogP contribution in [0.3, 0.4) is 0 Å². The predicted molar refractivity (Wildman–Crippen MR) is 61.0 cm³/mol. The lowest BCUT2D eigenvalue weighted by molar-refractivity contribution is -0.116. The Morgan fingerprint density at radius 3 is 2.87 bits per heavy atom. The molecule has 0 saturated heterocycles. The molecule has 1 heterocycles. The maximum Gasteiger partial charge on any atom is 0.225 e. The van der Waals surface area contributed by atoms with E-state index in [0.717, 1.165) is 12.2 Å². The van der Waals surface area contributed by atoms with Crippen molar-refractivity contribution in [1.29, 1.82) is 0 Å². The predicted octanol–water partition coefficient (Wildman–Crippen LogP) is 1.67. The molecule has 15 heavy (non-hydrogen) atoms. The van der Waals surface area contributed by atoms with E-state index < -0.39 is 0 Å². The minimum absolute atomic E-state index is 0.126. The molecular weight excluding hydrogens is 188 g/mol. The number of hydrogen-bond donors (Lipinski definition) is 1. The van der Waals surface area contributed by atoms with E-state index in [0.29, 0.717) is 12.3 Å². The summed E-state index contributed by atoms with van der Waals surface area (Å²) in [4.78, 5) is 13.6. The summed E-state index contributed by atoms with van der Waals surface area (Å²) in [7, 11) is 4.07. The van der Waals surface area contributed by atoms with Crippen LogP contribution in [0.5, 0.6) is 0 Å². The van der Waals surface area contributed by atoms with E-state index in [1.54, 1.807) is 0 Å². The third kappa shape index (κ3) is 2.18. The molecule has 0 bridgehead atoms.